The summed E-state index contributed by atoms with van der Waals surface area (Å²) in [5, 5.41) is 7.21. The Kier molecular flexibility index (Phi) is 8.80. The predicted molar refractivity (Wildman–Crippen MR) is 164 cm³/mol. The van der Waals surface area contributed by atoms with Gasteiger partial charge in [-0.25, -0.2) is 0 Å². The number of Topliss-reactive ketones (excluding diaryl/α,β-unsaturated/α-hetero) is 1. The number of hydrogen-bond acceptors (Lipinski definition) is 7. The highest BCUT2D eigenvalue weighted by Gasteiger charge is 2.58. The van der Waals surface area contributed by atoms with Crippen LogP contribution in [0.15, 0.2) is 53.2 Å². The third-order valence-electron chi connectivity index (χ3n) is 8.30. The summed E-state index contributed by atoms with van der Waals surface area (Å²) in [4.78, 5) is 48.2. The van der Waals surface area contributed by atoms with Gasteiger partial charge < -0.3 is 19.9 Å². The van der Waals surface area contributed by atoms with Gasteiger partial charge in [0, 0.05) is 44.1 Å². The second-order valence-electron chi connectivity index (χ2n) is 11.9. The van der Waals surface area contributed by atoms with Crippen LogP contribution in [0.25, 0.3) is 0 Å². The van der Waals surface area contributed by atoms with E-state index in [9.17, 15) is 14.4 Å². The SMILES string of the molecule is COCC(=O)N1C(C(=O)N2CCNCC2)C(c2ccc(C(C)(C)C)cc2)C(C(=O)c2cccs2)C1c1sccc1C. The Morgan fingerprint density at radius 2 is 1.71 bits per heavy atom. The second kappa shape index (κ2) is 12.2. The number of carbonyl (C=O) groups is 3. The van der Waals surface area contributed by atoms with Crippen LogP contribution in [0.1, 0.15) is 64.0 Å². The van der Waals surface area contributed by atoms with E-state index in [1.54, 1.807) is 4.90 Å². The molecule has 4 unspecified atom stereocenters. The van der Waals surface area contributed by atoms with Gasteiger partial charge in [0.1, 0.15) is 12.6 Å². The van der Waals surface area contributed by atoms with Crippen molar-refractivity contribution < 1.29 is 19.1 Å². The predicted octanol–water partition coefficient (Wildman–Crippen LogP) is 5.03. The van der Waals surface area contributed by atoms with E-state index >= 15 is 0 Å². The first-order valence-electron chi connectivity index (χ1n) is 14.1. The zero-order chi connectivity index (χ0) is 29.3. The summed E-state index contributed by atoms with van der Waals surface area (Å²) in [6.45, 7) is 10.8. The first-order valence-corrected chi connectivity index (χ1v) is 15.9. The number of rotatable bonds is 7. The van der Waals surface area contributed by atoms with Gasteiger partial charge in [0.05, 0.1) is 16.8 Å². The van der Waals surface area contributed by atoms with Crippen molar-refractivity contribution in [3.05, 3.63) is 79.7 Å². The Bertz CT molecular complexity index is 1370. The maximum atomic E-state index is 14.5. The van der Waals surface area contributed by atoms with Crippen LogP contribution in [-0.2, 0) is 19.7 Å². The highest BCUT2D eigenvalue weighted by molar-refractivity contribution is 7.12. The van der Waals surface area contributed by atoms with E-state index in [2.05, 4.69) is 50.4 Å². The molecule has 0 spiro atoms. The highest BCUT2D eigenvalue weighted by Crippen LogP contribution is 2.53. The first kappa shape index (κ1) is 29.6. The molecule has 2 saturated heterocycles. The number of aryl methyl sites for hydroxylation is 1. The number of hydrogen-bond donors (Lipinski definition) is 1. The van der Waals surface area contributed by atoms with Crippen molar-refractivity contribution in [2.75, 3.05) is 39.9 Å². The molecule has 1 aromatic carbocycles. The number of ketones is 1. The van der Waals surface area contributed by atoms with Crippen LogP contribution >= 0.6 is 22.7 Å². The van der Waals surface area contributed by atoms with Crippen LogP contribution in [0, 0.1) is 12.8 Å². The number of piperazine rings is 1. The minimum Gasteiger partial charge on any atom is -0.375 e. The van der Waals surface area contributed by atoms with Crippen LogP contribution in [0.5, 0.6) is 0 Å². The van der Waals surface area contributed by atoms with Gasteiger partial charge in [0.25, 0.3) is 0 Å². The van der Waals surface area contributed by atoms with E-state index in [0.29, 0.717) is 31.1 Å². The highest BCUT2D eigenvalue weighted by atomic mass is 32.1. The smallest absolute Gasteiger partial charge is 0.249 e. The third-order valence-corrected chi connectivity index (χ3v) is 10.3. The fourth-order valence-corrected chi connectivity index (χ4v) is 8.01. The number of carbonyl (C=O) groups excluding carboxylic acids is 3. The molecule has 2 fully saturated rings. The summed E-state index contributed by atoms with van der Waals surface area (Å²) in [6, 6.07) is 12.6. The molecular weight excluding hydrogens is 555 g/mol. The lowest BCUT2D eigenvalue weighted by molar-refractivity contribution is -0.148. The maximum Gasteiger partial charge on any atom is 0.249 e. The van der Waals surface area contributed by atoms with Gasteiger partial charge in [-0.2, -0.15) is 0 Å². The zero-order valence-corrected chi connectivity index (χ0v) is 26.0. The van der Waals surface area contributed by atoms with E-state index in [1.807, 2.05) is 40.8 Å². The van der Waals surface area contributed by atoms with E-state index < -0.39 is 23.9 Å². The molecule has 41 heavy (non-hydrogen) atoms. The molecule has 0 saturated carbocycles. The van der Waals surface area contributed by atoms with Crippen LogP contribution in [-0.4, -0.2) is 73.3 Å². The summed E-state index contributed by atoms with van der Waals surface area (Å²) in [5.41, 5.74) is 3.03. The quantitative estimate of drug-likeness (QED) is 0.389. The third kappa shape index (κ3) is 5.78. The number of amides is 2. The molecular formula is C32H39N3O4S2. The van der Waals surface area contributed by atoms with Crippen molar-refractivity contribution in [2.24, 2.45) is 5.92 Å². The van der Waals surface area contributed by atoms with Gasteiger partial charge in [0.2, 0.25) is 11.8 Å². The molecule has 2 aliphatic rings. The first-order chi connectivity index (χ1) is 19.6. The van der Waals surface area contributed by atoms with E-state index in [-0.39, 0.29) is 29.6 Å². The van der Waals surface area contributed by atoms with Gasteiger partial charge in [-0.15, -0.1) is 22.7 Å². The van der Waals surface area contributed by atoms with Crippen molar-refractivity contribution in [3.63, 3.8) is 0 Å². The van der Waals surface area contributed by atoms with Gasteiger partial charge in [-0.3, -0.25) is 14.4 Å². The molecule has 4 heterocycles. The summed E-state index contributed by atoms with van der Waals surface area (Å²) in [6.07, 6.45) is 0. The van der Waals surface area contributed by atoms with Gasteiger partial charge in [0.15, 0.2) is 5.78 Å². The Morgan fingerprint density at radius 1 is 1.00 bits per heavy atom. The van der Waals surface area contributed by atoms with Crippen molar-refractivity contribution in [3.8, 4) is 0 Å². The number of benzene rings is 1. The molecule has 218 valence electrons. The number of nitrogens with zero attached hydrogens (tertiary/aromatic N) is 2. The molecule has 2 aromatic heterocycles. The van der Waals surface area contributed by atoms with Crippen LogP contribution in [0.3, 0.4) is 0 Å². The Hall–Kier alpha value is -2.85. The zero-order valence-electron chi connectivity index (χ0n) is 24.4. The minimum absolute atomic E-state index is 0.0338. The number of ether oxygens (including phenoxy) is 1. The Morgan fingerprint density at radius 3 is 2.27 bits per heavy atom. The molecule has 2 aliphatic heterocycles. The average molecular weight is 594 g/mol. The Labute approximate surface area is 250 Å². The average Bonchev–Trinajstić information content (AvgIpc) is 3.71. The van der Waals surface area contributed by atoms with Crippen LogP contribution in [0.2, 0.25) is 0 Å². The lowest BCUT2D eigenvalue weighted by Crippen LogP contribution is -2.55. The summed E-state index contributed by atoms with van der Waals surface area (Å²) < 4.78 is 5.34. The van der Waals surface area contributed by atoms with Crippen molar-refractivity contribution in [1.82, 2.24) is 15.1 Å². The molecule has 0 radical (unpaired) electrons. The van der Waals surface area contributed by atoms with E-state index in [4.69, 9.17) is 4.74 Å². The van der Waals surface area contributed by atoms with E-state index in [1.165, 1.54) is 35.3 Å². The topological polar surface area (TPSA) is 79.0 Å². The molecule has 7 nitrogen and oxygen atoms in total. The molecule has 0 bridgehead atoms. The summed E-state index contributed by atoms with van der Waals surface area (Å²) in [7, 11) is 1.49. The number of thiophene rings is 2. The number of likely N-dealkylation sites (tertiary alicyclic amines) is 1. The molecule has 9 heteroatoms. The lowest BCUT2D eigenvalue weighted by Gasteiger charge is -2.36. The van der Waals surface area contributed by atoms with Gasteiger partial charge in [-0.05, 0) is 51.9 Å². The fraction of sp³-hybridized carbons (Fsp3) is 0.469. The monoisotopic (exact) mass is 593 g/mol. The fourth-order valence-electron chi connectivity index (χ4n) is 6.23. The molecule has 4 atom stereocenters. The van der Waals surface area contributed by atoms with Crippen LogP contribution in [0.4, 0.5) is 0 Å². The molecule has 3 aromatic rings. The lowest BCUT2D eigenvalue weighted by atomic mass is 9.77. The maximum absolute atomic E-state index is 14.5. The van der Waals surface area contributed by atoms with Crippen molar-refractivity contribution in [2.45, 2.75) is 51.1 Å². The van der Waals surface area contributed by atoms with Crippen LogP contribution < -0.4 is 5.32 Å². The van der Waals surface area contributed by atoms with E-state index in [0.717, 1.165) is 16.0 Å². The Balaban J connectivity index is 1.74. The molecule has 5 rings (SSSR count). The normalized spacial score (nSPS) is 23.1. The standard InChI is InChI=1S/C32H39N3O4S2/c1-20-12-18-41-30(20)27-26(29(37)23-7-6-17-40-23)25(21-8-10-22(11-9-21)32(2,3)4)28(35(27)24(36)19-39-5)31(38)34-15-13-33-14-16-34/h6-12,17-18,25-28,33H,13-16,19H2,1-5H3. The number of nitrogens with one attached hydrogen (secondary N) is 1. The second-order valence-corrected chi connectivity index (χ2v) is 13.8. The molecule has 0 aliphatic carbocycles. The van der Waals surface area contributed by atoms with Crippen molar-refractivity contribution in [1.29, 1.82) is 0 Å². The van der Waals surface area contributed by atoms with Gasteiger partial charge in [-0.1, -0.05) is 51.1 Å². The van der Waals surface area contributed by atoms with Crippen molar-refractivity contribution >= 4 is 40.3 Å². The minimum atomic E-state index is -0.836. The molecule has 2 amide bonds. The largest absolute Gasteiger partial charge is 0.375 e. The summed E-state index contributed by atoms with van der Waals surface area (Å²) >= 11 is 2.94. The number of methoxy groups -OCH3 is 1. The molecule has 1 N–H and O–H groups in total. The summed E-state index contributed by atoms with van der Waals surface area (Å²) in [5.74, 6) is -1.58. The van der Waals surface area contributed by atoms with Gasteiger partial charge >= 0.3 is 0 Å².